The highest BCUT2D eigenvalue weighted by Crippen LogP contribution is 2.20. The van der Waals surface area contributed by atoms with Gasteiger partial charge in [-0.1, -0.05) is 6.92 Å². The monoisotopic (exact) mass is 310 g/mol. The van der Waals surface area contributed by atoms with Crippen LogP contribution in [0.1, 0.15) is 19.8 Å². The third-order valence-corrected chi connectivity index (χ3v) is 3.80. The Morgan fingerprint density at radius 1 is 1.64 bits per heavy atom. The number of halogens is 1. The van der Waals surface area contributed by atoms with Crippen molar-refractivity contribution >= 4 is 11.8 Å². The summed E-state index contributed by atoms with van der Waals surface area (Å²) in [6.07, 6.45) is 2.99. The molecule has 0 saturated carbocycles. The fourth-order valence-electron chi connectivity index (χ4n) is 2.51. The number of amides is 2. The van der Waals surface area contributed by atoms with Crippen molar-refractivity contribution < 1.29 is 14.3 Å². The number of carbonyl (C=O) groups excluding carboxylic acids is 1. The van der Waals surface area contributed by atoms with Crippen LogP contribution in [0, 0.1) is 11.7 Å². The molecule has 22 heavy (non-hydrogen) atoms. The lowest BCUT2D eigenvalue weighted by Crippen LogP contribution is -2.44. The molecule has 2 unspecified atom stereocenters. The number of aromatic nitrogens is 1. The SMILES string of the molecule is CC(CCO)CNC(=O)NC1CCN(c2ncccc2F)C1. The quantitative estimate of drug-likeness (QED) is 0.736. The predicted molar refractivity (Wildman–Crippen MR) is 82.2 cm³/mol. The number of hydrogen-bond donors (Lipinski definition) is 3. The van der Waals surface area contributed by atoms with Gasteiger partial charge in [0.1, 0.15) is 0 Å². The Hall–Kier alpha value is -1.89. The number of rotatable bonds is 6. The smallest absolute Gasteiger partial charge is 0.315 e. The van der Waals surface area contributed by atoms with Gasteiger partial charge in [0.15, 0.2) is 11.6 Å². The van der Waals surface area contributed by atoms with E-state index in [9.17, 15) is 9.18 Å². The summed E-state index contributed by atoms with van der Waals surface area (Å²) in [5.74, 6) is 0.229. The van der Waals surface area contributed by atoms with Crippen molar-refractivity contribution in [1.29, 1.82) is 0 Å². The standard InChI is InChI=1S/C15H23FN4O2/c1-11(5-8-21)9-18-15(22)19-12-4-7-20(10-12)14-13(16)3-2-6-17-14/h2-3,6,11-12,21H,4-5,7-10H2,1H3,(H2,18,19,22). The second-order valence-electron chi connectivity index (χ2n) is 5.71. The van der Waals surface area contributed by atoms with Gasteiger partial charge < -0.3 is 20.6 Å². The van der Waals surface area contributed by atoms with Gasteiger partial charge in [0.2, 0.25) is 0 Å². The molecule has 1 fully saturated rings. The summed E-state index contributed by atoms with van der Waals surface area (Å²) in [6, 6.07) is 2.71. The number of urea groups is 1. The van der Waals surface area contributed by atoms with Gasteiger partial charge in [0, 0.05) is 38.5 Å². The van der Waals surface area contributed by atoms with Gasteiger partial charge in [-0.25, -0.2) is 14.2 Å². The lowest BCUT2D eigenvalue weighted by molar-refractivity contribution is 0.231. The minimum absolute atomic E-state index is 0.0189. The van der Waals surface area contributed by atoms with Gasteiger partial charge in [-0.15, -0.1) is 0 Å². The highest BCUT2D eigenvalue weighted by molar-refractivity contribution is 5.74. The Bertz CT molecular complexity index is 500. The zero-order valence-corrected chi connectivity index (χ0v) is 12.8. The molecular weight excluding hydrogens is 287 g/mol. The maximum Gasteiger partial charge on any atom is 0.315 e. The minimum Gasteiger partial charge on any atom is -0.396 e. The normalized spacial score (nSPS) is 19.0. The van der Waals surface area contributed by atoms with Crippen molar-refractivity contribution in [1.82, 2.24) is 15.6 Å². The van der Waals surface area contributed by atoms with E-state index in [1.807, 2.05) is 11.8 Å². The molecule has 2 atom stereocenters. The summed E-state index contributed by atoms with van der Waals surface area (Å²) in [5.41, 5.74) is 0. The molecule has 2 rings (SSSR count). The van der Waals surface area contributed by atoms with Gasteiger partial charge in [0.25, 0.3) is 0 Å². The minimum atomic E-state index is -0.342. The van der Waals surface area contributed by atoms with Crippen molar-refractivity contribution in [2.45, 2.75) is 25.8 Å². The molecule has 1 aliphatic rings. The summed E-state index contributed by atoms with van der Waals surface area (Å²) in [7, 11) is 0. The molecule has 1 aliphatic heterocycles. The van der Waals surface area contributed by atoms with Crippen LogP contribution in [0.15, 0.2) is 18.3 Å². The number of nitrogens with zero attached hydrogens (tertiary/aromatic N) is 2. The first-order valence-electron chi connectivity index (χ1n) is 7.61. The first-order chi connectivity index (χ1) is 10.6. The molecule has 3 N–H and O–H groups in total. The van der Waals surface area contributed by atoms with Crippen LogP contribution >= 0.6 is 0 Å². The average molecular weight is 310 g/mol. The van der Waals surface area contributed by atoms with E-state index >= 15 is 0 Å². The molecular formula is C15H23FN4O2. The molecule has 6 nitrogen and oxygen atoms in total. The van der Waals surface area contributed by atoms with Crippen LogP contribution in [0.4, 0.5) is 15.0 Å². The van der Waals surface area contributed by atoms with Crippen LogP contribution < -0.4 is 15.5 Å². The molecule has 1 saturated heterocycles. The number of aliphatic hydroxyl groups is 1. The molecule has 2 heterocycles. The zero-order chi connectivity index (χ0) is 15.9. The fourth-order valence-corrected chi connectivity index (χ4v) is 2.51. The first kappa shape index (κ1) is 16.5. The van der Waals surface area contributed by atoms with Crippen LogP contribution in [-0.4, -0.2) is 48.4 Å². The molecule has 0 bridgehead atoms. The Kier molecular flexibility index (Phi) is 5.94. The maximum atomic E-state index is 13.7. The van der Waals surface area contributed by atoms with E-state index in [4.69, 9.17) is 5.11 Å². The third kappa shape index (κ3) is 4.56. The summed E-state index contributed by atoms with van der Waals surface area (Å²) in [6.45, 7) is 3.83. The van der Waals surface area contributed by atoms with Gasteiger partial charge in [0.05, 0.1) is 0 Å². The largest absolute Gasteiger partial charge is 0.396 e. The van der Waals surface area contributed by atoms with Crippen molar-refractivity contribution in [2.24, 2.45) is 5.92 Å². The highest BCUT2D eigenvalue weighted by Gasteiger charge is 2.26. The Morgan fingerprint density at radius 3 is 3.18 bits per heavy atom. The molecule has 122 valence electrons. The maximum absolute atomic E-state index is 13.7. The summed E-state index contributed by atoms with van der Waals surface area (Å²) < 4.78 is 13.7. The van der Waals surface area contributed by atoms with E-state index in [1.54, 1.807) is 12.3 Å². The zero-order valence-electron chi connectivity index (χ0n) is 12.8. The second-order valence-corrected chi connectivity index (χ2v) is 5.71. The summed E-state index contributed by atoms with van der Waals surface area (Å²) >= 11 is 0. The molecule has 0 spiro atoms. The average Bonchev–Trinajstić information content (AvgIpc) is 2.94. The molecule has 2 amide bonds. The van der Waals surface area contributed by atoms with E-state index in [-0.39, 0.29) is 30.4 Å². The number of anilines is 1. The number of carbonyl (C=O) groups is 1. The van der Waals surface area contributed by atoms with Crippen LogP contribution in [-0.2, 0) is 0 Å². The van der Waals surface area contributed by atoms with E-state index in [2.05, 4.69) is 15.6 Å². The number of aliphatic hydroxyl groups excluding tert-OH is 1. The van der Waals surface area contributed by atoms with Gasteiger partial charge in [-0.05, 0) is 30.9 Å². The van der Waals surface area contributed by atoms with Gasteiger partial charge >= 0.3 is 6.03 Å². The molecule has 1 aromatic heterocycles. The Labute approximate surface area is 129 Å². The molecule has 0 aromatic carbocycles. The van der Waals surface area contributed by atoms with Crippen molar-refractivity contribution in [3.63, 3.8) is 0 Å². The lowest BCUT2D eigenvalue weighted by Gasteiger charge is -2.19. The molecule has 7 heteroatoms. The van der Waals surface area contributed by atoms with Gasteiger partial charge in [-0.2, -0.15) is 0 Å². The van der Waals surface area contributed by atoms with E-state index in [0.717, 1.165) is 6.42 Å². The predicted octanol–water partition coefficient (Wildman–Crippen LogP) is 1.12. The number of nitrogens with one attached hydrogen (secondary N) is 2. The van der Waals surface area contributed by atoms with Crippen LogP contribution in [0.25, 0.3) is 0 Å². The first-order valence-corrected chi connectivity index (χ1v) is 7.61. The van der Waals surface area contributed by atoms with Crippen LogP contribution in [0.2, 0.25) is 0 Å². The van der Waals surface area contributed by atoms with Crippen LogP contribution in [0.5, 0.6) is 0 Å². The fraction of sp³-hybridized carbons (Fsp3) is 0.600. The number of pyridine rings is 1. The summed E-state index contributed by atoms with van der Waals surface area (Å²) in [4.78, 5) is 17.7. The van der Waals surface area contributed by atoms with Gasteiger partial charge in [-0.3, -0.25) is 0 Å². The summed E-state index contributed by atoms with van der Waals surface area (Å²) in [5, 5.41) is 14.5. The molecule has 0 radical (unpaired) electrons. The third-order valence-electron chi connectivity index (χ3n) is 3.80. The Balaban J connectivity index is 1.77. The molecule has 0 aliphatic carbocycles. The second kappa shape index (κ2) is 7.93. The topological polar surface area (TPSA) is 77.5 Å². The molecule has 1 aromatic rings. The van der Waals surface area contributed by atoms with E-state index < -0.39 is 0 Å². The number of hydrogen-bond acceptors (Lipinski definition) is 4. The van der Waals surface area contributed by atoms with Crippen molar-refractivity contribution in [2.75, 3.05) is 31.1 Å². The van der Waals surface area contributed by atoms with E-state index in [0.29, 0.717) is 31.9 Å². The van der Waals surface area contributed by atoms with Crippen molar-refractivity contribution in [3.8, 4) is 0 Å². The Morgan fingerprint density at radius 2 is 2.45 bits per heavy atom. The van der Waals surface area contributed by atoms with Crippen molar-refractivity contribution in [3.05, 3.63) is 24.1 Å². The highest BCUT2D eigenvalue weighted by atomic mass is 19.1. The van der Waals surface area contributed by atoms with Crippen LogP contribution in [0.3, 0.4) is 0 Å². The lowest BCUT2D eigenvalue weighted by atomic mass is 10.1. The van der Waals surface area contributed by atoms with E-state index in [1.165, 1.54) is 6.07 Å².